The standard InChI is InChI=1S/C17H20N2O2S/c1-11-6-7-15(12(2)9-11)22-17-14(5-4-8-18-17)16(21)19-10-13(3)20/h4-9,13,20H,10H2,1-3H3,(H,19,21). The minimum absolute atomic E-state index is 0.221. The Hall–Kier alpha value is -1.85. The summed E-state index contributed by atoms with van der Waals surface area (Å²) >= 11 is 1.48. The van der Waals surface area contributed by atoms with Crippen LogP contribution in [-0.2, 0) is 0 Å². The van der Waals surface area contributed by atoms with Crippen LogP contribution in [0.1, 0.15) is 28.4 Å². The van der Waals surface area contributed by atoms with E-state index in [1.54, 1.807) is 25.3 Å². The van der Waals surface area contributed by atoms with Gasteiger partial charge in [-0.3, -0.25) is 4.79 Å². The normalized spacial score (nSPS) is 12.0. The maximum Gasteiger partial charge on any atom is 0.254 e. The Kier molecular flexibility index (Phi) is 5.57. The molecule has 0 fully saturated rings. The van der Waals surface area contributed by atoms with Crippen molar-refractivity contribution < 1.29 is 9.90 Å². The van der Waals surface area contributed by atoms with E-state index in [9.17, 15) is 9.90 Å². The van der Waals surface area contributed by atoms with Crippen molar-refractivity contribution in [3.63, 3.8) is 0 Å². The summed E-state index contributed by atoms with van der Waals surface area (Å²) < 4.78 is 0. The average Bonchev–Trinajstić information content (AvgIpc) is 2.48. The van der Waals surface area contributed by atoms with Gasteiger partial charge in [0.05, 0.1) is 11.7 Å². The summed E-state index contributed by atoms with van der Waals surface area (Å²) in [7, 11) is 0. The van der Waals surface area contributed by atoms with Gasteiger partial charge in [-0.25, -0.2) is 4.98 Å². The molecule has 4 nitrogen and oxygen atoms in total. The number of benzene rings is 1. The highest BCUT2D eigenvalue weighted by atomic mass is 32.2. The minimum Gasteiger partial charge on any atom is -0.392 e. The molecule has 1 aromatic carbocycles. The van der Waals surface area contributed by atoms with Crippen molar-refractivity contribution in [2.45, 2.75) is 36.8 Å². The van der Waals surface area contributed by atoms with Crippen molar-refractivity contribution >= 4 is 17.7 Å². The Balaban J connectivity index is 2.22. The summed E-state index contributed by atoms with van der Waals surface area (Å²) in [6.07, 6.45) is 1.10. The molecule has 0 aliphatic carbocycles. The first-order chi connectivity index (χ1) is 10.5. The van der Waals surface area contributed by atoms with E-state index >= 15 is 0 Å². The summed E-state index contributed by atoms with van der Waals surface area (Å²) in [6, 6.07) is 9.69. The molecule has 0 saturated heterocycles. The van der Waals surface area contributed by atoms with E-state index in [1.807, 2.05) is 19.1 Å². The number of carbonyl (C=O) groups excluding carboxylic acids is 1. The van der Waals surface area contributed by atoms with Gasteiger partial charge in [-0.2, -0.15) is 0 Å². The molecule has 5 heteroatoms. The molecule has 1 amide bonds. The Labute approximate surface area is 135 Å². The van der Waals surface area contributed by atoms with Crippen molar-refractivity contribution in [2.75, 3.05) is 6.54 Å². The number of aromatic nitrogens is 1. The molecule has 1 unspecified atom stereocenters. The van der Waals surface area contributed by atoms with Crippen molar-refractivity contribution in [1.82, 2.24) is 10.3 Å². The quantitative estimate of drug-likeness (QED) is 0.890. The molecule has 0 aliphatic rings. The van der Waals surface area contributed by atoms with Crippen molar-refractivity contribution in [3.05, 3.63) is 53.2 Å². The molecule has 2 N–H and O–H groups in total. The van der Waals surface area contributed by atoms with E-state index in [4.69, 9.17) is 0 Å². The number of hydrogen-bond acceptors (Lipinski definition) is 4. The fourth-order valence-corrected chi connectivity index (χ4v) is 2.95. The molecule has 2 rings (SSSR count). The van der Waals surface area contributed by atoms with Gasteiger partial charge in [-0.05, 0) is 44.5 Å². The van der Waals surface area contributed by atoms with E-state index < -0.39 is 6.10 Å². The molecular formula is C17H20N2O2S. The zero-order valence-electron chi connectivity index (χ0n) is 13.0. The molecular weight excluding hydrogens is 296 g/mol. The van der Waals surface area contributed by atoms with Crippen molar-refractivity contribution in [1.29, 1.82) is 0 Å². The highest BCUT2D eigenvalue weighted by Crippen LogP contribution is 2.31. The van der Waals surface area contributed by atoms with E-state index in [-0.39, 0.29) is 12.5 Å². The number of aliphatic hydroxyl groups excluding tert-OH is 1. The van der Waals surface area contributed by atoms with Gasteiger partial charge in [0.1, 0.15) is 5.03 Å². The maximum atomic E-state index is 12.2. The fraction of sp³-hybridized carbons (Fsp3) is 0.294. The largest absolute Gasteiger partial charge is 0.392 e. The van der Waals surface area contributed by atoms with Gasteiger partial charge in [0, 0.05) is 17.6 Å². The first-order valence-corrected chi connectivity index (χ1v) is 7.95. The van der Waals surface area contributed by atoms with Gasteiger partial charge in [0.25, 0.3) is 5.91 Å². The van der Waals surface area contributed by atoms with Crippen LogP contribution in [0.3, 0.4) is 0 Å². The molecule has 0 bridgehead atoms. The van der Waals surface area contributed by atoms with Crippen molar-refractivity contribution in [3.8, 4) is 0 Å². The SMILES string of the molecule is Cc1ccc(Sc2ncccc2C(=O)NCC(C)O)c(C)c1. The molecule has 116 valence electrons. The van der Waals surface area contributed by atoms with E-state index in [1.165, 1.54) is 17.3 Å². The van der Waals surface area contributed by atoms with Crippen molar-refractivity contribution in [2.24, 2.45) is 0 Å². The lowest BCUT2D eigenvalue weighted by Gasteiger charge is -2.11. The van der Waals surface area contributed by atoms with Gasteiger partial charge >= 0.3 is 0 Å². The molecule has 22 heavy (non-hydrogen) atoms. The highest BCUT2D eigenvalue weighted by Gasteiger charge is 2.14. The number of hydrogen-bond donors (Lipinski definition) is 2. The summed E-state index contributed by atoms with van der Waals surface area (Å²) in [4.78, 5) is 17.6. The number of aliphatic hydroxyl groups is 1. The molecule has 0 radical (unpaired) electrons. The first-order valence-electron chi connectivity index (χ1n) is 7.13. The van der Waals surface area contributed by atoms with Gasteiger partial charge in [0.2, 0.25) is 0 Å². The van der Waals surface area contributed by atoms with Gasteiger partial charge < -0.3 is 10.4 Å². The van der Waals surface area contributed by atoms with Crippen LogP contribution < -0.4 is 5.32 Å². The van der Waals surface area contributed by atoms with Crippen LogP contribution >= 0.6 is 11.8 Å². The van der Waals surface area contributed by atoms with Crippen LogP contribution in [-0.4, -0.2) is 28.6 Å². The third-order valence-corrected chi connectivity index (χ3v) is 4.31. The third kappa shape index (κ3) is 4.32. The smallest absolute Gasteiger partial charge is 0.254 e. The molecule has 0 saturated carbocycles. The van der Waals surface area contributed by atoms with Crippen LogP contribution in [0.4, 0.5) is 0 Å². The summed E-state index contributed by atoms with van der Waals surface area (Å²) in [5.74, 6) is -0.221. The van der Waals surface area contributed by atoms with E-state index in [0.717, 1.165) is 10.5 Å². The second-order valence-corrected chi connectivity index (χ2v) is 6.32. The third-order valence-electron chi connectivity index (χ3n) is 3.11. The van der Waals surface area contributed by atoms with E-state index in [2.05, 4.69) is 23.3 Å². The Morgan fingerprint density at radius 2 is 2.14 bits per heavy atom. The van der Waals surface area contributed by atoms with Crippen LogP contribution in [0.2, 0.25) is 0 Å². The maximum absolute atomic E-state index is 12.2. The van der Waals surface area contributed by atoms with Crippen LogP contribution in [0.25, 0.3) is 0 Å². The summed E-state index contributed by atoms with van der Waals surface area (Å²) in [5, 5.41) is 12.6. The highest BCUT2D eigenvalue weighted by molar-refractivity contribution is 7.99. The van der Waals surface area contributed by atoms with Crippen LogP contribution in [0, 0.1) is 13.8 Å². The number of amides is 1. The topological polar surface area (TPSA) is 62.2 Å². The number of nitrogens with one attached hydrogen (secondary N) is 1. The summed E-state index contributed by atoms with van der Waals surface area (Å²) in [6.45, 7) is 5.96. The average molecular weight is 316 g/mol. The lowest BCUT2D eigenvalue weighted by molar-refractivity contribution is 0.0920. The molecule has 2 aromatic rings. The Morgan fingerprint density at radius 3 is 2.82 bits per heavy atom. The molecule has 1 heterocycles. The van der Waals surface area contributed by atoms with E-state index in [0.29, 0.717) is 10.6 Å². The zero-order valence-corrected chi connectivity index (χ0v) is 13.8. The number of aryl methyl sites for hydroxylation is 2. The van der Waals surface area contributed by atoms with Crippen LogP contribution in [0.15, 0.2) is 46.5 Å². The monoisotopic (exact) mass is 316 g/mol. The molecule has 1 atom stereocenters. The zero-order chi connectivity index (χ0) is 16.1. The molecule has 0 spiro atoms. The lowest BCUT2D eigenvalue weighted by Crippen LogP contribution is -2.31. The Bertz CT molecular complexity index is 671. The number of rotatable bonds is 5. The predicted molar refractivity (Wildman–Crippen MR) is 88.3 cm³/mol. The summed E-state index contributed by atoms with van der Waals surface area (Å²) in [5.41, 5.74) is 2.89. The second-order valence-electron chi connectivity index (χ2n) is 5.29. The van der Waals surface area contributed by atoms with Gasteiger partial charge in [-0.1, -0.05) is 29.5 Å². The first kappa shape index (κ1) is 16.5. The predicted octanol–water partition coefficient (Wildman–Crippen LogP) is 2.96. The fourth-order valence-electron chi connectivity index (χ4n) is 2.00. The number of nitrogens with zero attached hydrogens (tertiary/aromatic N) is 1. The number of carbonyl (C=O) groups is 1. The Morgan fingerprint density at radius 1 is 1.36 bits per heavy atom. The van der Waals surface area contributed by atoms with Gasteiger partial charge in [0.15, 0.2) is 0 Å². The molecule has 0 aliphatic heterocycles. The van der Waals surface area contributed by atoms with Crippen LogP contribution in [0.5, 0.6) is 0 Å². The number of pyridine rings is 1. The molecule has 1 aromatic heterocycles. The minimum atomic E-state index is -0.573. The second kappa shape index (κ2) is 7.42. The van der Waals surface area contributed by atoms with Gasteiger partial charge in [-0.15, -0.1) is 0 Å². The lowest BCUT2D eigenvalue weighted by atomic mass is 10.2.